The van der Waals surface area contributed by atoms with E-state index in [4.69, 9.17) is 0 Å². The maximum Gasteiger partial charge on any atom is 0.216 e. The van der Waals surface area contributed by atoms with Crippen LogP contribution in [0.3, 0.4) is 0 Å². The van der Waals surface area contributed by atoms with Crippen LogP contribution >= 0.6 is 0 Å². The Hall–Kier alpha value is -0.0900. The van der Waals surface area contributed by atoms with Crippen LogP contribution in [0.5, 0.6) is 0 Å². The van der Waals surface area contributed by atoms with E-state index < -0.39 is 10.0 Å². The minimum Gasteiger partial charge on any atom is -0.212 e. The van der Waals surface area contributed by atoms with Crippen molar-refractivity contribution in [1.29, 1.82) is 0 Å². The van der Waals surface area contributed by atoms with Crippen LogP contribution < -0.4 is 0 Å². The third-order valence-corrected chi connectivity index (χ3v) is 5.51. The molecule has 14 heavy (non-hydrogen) atoms. The molecule has 84 valence electrons. The van der Waals surface area contributed by atoms with E-state index >= 15 is 0 Å². The molecule has 0 aromatic carbocycles. The number of sulfonamides is 1. The molecule has 1 aliphatic heterocycles. The molecule has 0 aromatic rings. The summed E-state index contributed by atoms with van der Waals surface area (Å²) < 4.78 is 25.8. The van der Waals surface area contributed by atoms with Gasteiger partial charge >= 0.3 is 0 Å². The molecular formula is C10H21NO2S. The number of hydrogen-bond donors (Lipinski definition) is 0. The third-order valence-electron chi connectivity index (χ3n) is 3.07. The highest BCUT2D eigenvalue weighted by atomic mass is 32.2. The summed E-state index contributed by atoms with van der Waals surface area (Å²) in [6, 6.07) is 0.421. The molecule has 0 aliphatic carbocycles. The van der Waals surface area contributed by atoms with Crippen molar-refractivity contribution in [3.05, 3.63) is 0 Å². The second kappa shape index (κ2) is 4.19. The molecule has 0 aromatic heterocycles. The molecule has 1 rings (SSSR count). The van der Waals surface area contributed by atoms with Crippen molar-refractivity contribution in [3.63, 3.8) is 0 Å². The predicted molar refractivity (Wildman–Crippen MR) is 58.7 cm³/mol. The van der Waals surface area contributed by atoms with E-state index in [-0.39, 0.29) is 17.3 Å². The summed E-state index contributed by atoms with van der Waals surface area (Å²) in [6.07, 6.45) is 2.95. The molecule has 0 N–H and O–H groups in total. The third kappa shape index (κ3) is 1.96. The van der Waals surface area contributed by atoms with E-state index in [1.807, 2.05) is 6.92 Å². The molecule has 0 amide bonds. The van der Waals surface area contributed by atoms with Crippen molar-refractivity contribution in [1.82, 2.24) is 4.31 Å². The highest BCUT2D eigenvalue weighted by Crippen LogP contribution is 2.30. The summed E-state index contributed by atoms with van der Waals surface area (Å²) in [5, 5.41) is -0.294. The quantitative estimate of drug-likeness (QED) is 0.728. The van der Waals surface area contributed by atoms with Crippen LogP contribution in [0.2, 0.25) is 0 Å². The van der Waals surface area contributed by atoms with Gasteiger partial charge in [0.1, 0.15) is 0 Å². The van der Waals surface area contributed by atoms with Gasteiger partial charge in [-0.05, 0) is 40.0 Å². The Morgan fingerprint density at radius 3 is 2.36 bits per heavy atom. The SMILES string of the molecule is CCC1CCC(C)N1S(=O)(=O)C(C)C. The van der Waals surface area contributed by atoms with Crippen molar-refractivity contribution in [3.8, 4) is 0 Å². The lowest BCUT2D eigenvalue weighted by Crippen LogP contribution is -2.43. The number of rotatable bonds is 3. The van der Waals surface area contributed by atoms with Crippen LogP contribution in [-0.4, -0.2) is 30.1 Å². The molecule has 0 spiro atoms. The summed E-state index contributed by atoms with van der Waals surface area (Å²) in [7, 11) is -3.05. The minimum atomic E-state index is -3.05. The summed E-state index contributed by atoms with van der Waals surface area (Å²) >= 11 is 0. The van der Waals surface area contributed by atoms with E-state index in [9.17, 15) is 8.42 Å². The highest BCUT2D eigenvalue weighted by Gasteiger charge is 2.39. The Morgan fingerprint density at radius 2 is 1.93 bits per heavy atom. The van der Waals surface area contributed by atoms with Gasteiger partial charge in [0, 0.05) is 12.1 Å². The first-order valence-electron chi connectivity index (χ1n) is 5.43. The van der Waals surface area contributed by atoms with E-state index in [1.165, 1.54) is 0 Å². The van der Waals surface area contributed by atoms with Crippen LogP contribution in [0.1, 0.15) is 47.0 Å². The Bertz CT molecular complexity index is 284. The van der Waals surface area contributed by atoms with Gasteiger partial charge in [-0.25, -0.2) is 8.42 Å². The Balaban J connectivity index is 2.94. The van der Waals surface area contributed by atoms with E-state index in [2.05, 4.69) is 6.92 Å². The lowest BCUT2D eigenvalue weighted by Gasteiger charge is -2.28. The second-order valence-corrected chi connectivity index (χ2v) is 6.81. The fraction of sp³-hybridized carbons (Fsp3) is 1.00. The van der Waals surface area contributed by atoms with Crippen molar-refractivity contribution in [2.24, 2.45) is 0 Å². The van der Waals surface area contributed by atoms with Crippen molar-refractivity contribution in [2.45, 2.75) is 64.3 Å². The van der Waals surface area contributed by atoms with Gasteiger partial charge in [-0.1, -0.05) is 6.92 Å². The lowest BCUT2D eigenvalue weighted by atomic mass is 10.2. The average Bonchev–Trinajstić information content (AvgIpc) is 2.46. The van der Waals surface area contributed by atoms with Gasteiger partial charge in [0.15, 0.2) is 0 Å². The van der Waals surface area contributed by atoms with Gasteiger partial charge < -0.3 is 0 Å². The fourth-order valence-electron chi connectivity index (χ4n) is 2.13. The zero-order valence-electron chi connectivity index (χ0n) is 9.53. The zero-order chi connectivity index (χ0) is 10.9. The maximum atomic E-state index is 12.0. The van der Waals surface area contributed by atoms with Gasteiger partial charge in [-0.2, -0.15) is 4.31 Å². The molecule has 0 bridgehead atoms. The zero-order valence-corrected chi connectivity index (χ0v) is 10.3. The minimum absolute atomic E-state index is 0.187. The molecule has 1 saturated heterocycles. The van der Waals surface area contributed by atoms with Gasteiger partial charge in [0.2, 0.25) is 10.0 Å². The van der Waals surface area contributed by atoms with Crippen LogP contribution in [0.4, 0.5) is 0 Å². The van der Waals surface area contributed by atoms with Crippen molar-refractivity contribution >= 4 is 10.0 Å². The van der Waals surface area contributed by atoms with E-state index in [0.717, 1.165) is 19.3 Å². The number of nitrogens with zero attached hydrogens (tertiary/aromatic N) is 1. The smallest absolute Gasteiger partial charge is 0.212 e. The Labute approximate surface area is 87.5 Å². The van der Waals surface area contributed by atoms with Crippen LogP contribution in [0.15, 0.2) is 0 Å². The Morgan fingerprint density at radius 1 is 1.36 bits per heavy atom. The fourth-order valence-corrected chi connectivity index (χ4v) is 3.90. The predicted octanol–water partition coefficient (Wildman–Crippen LogP) is 1.99. The van der Waals surface area contributed by atoms with E-state index in [0.29, 0.717) is 0 Å². The lowest BCUT2D eigenvalue weighted by molar-refractivity contribution is 0.325. The topological polar surface area (TPSA) is 37.4 Å². The molecule has 4 heteroatoms. The summed E-state index contributed by atoms with van der Waals surface area (Å²) in [6.45, 7) is 7.58. The molecular weight excluding hydrogens is 198 g/mol. The number of hydrogen-bond acceptors (Lipinski definition) is 2. The molecule has 2 atom stereocenters. The van der Waals surface area contributed by atoms with Crippen LogP contribution in [-0.2, 0) is 10.0 Å². The van der Waals surface area contributed by atoms with Crippen molar-refractivity contribution in [2.75, 3.05) is 0 Å². The highest BCUT2D eigenvalue weighted by molar-refractivity contribution is 7.89. The second-order valence-electron chi connectivity index (χ2n) is 4.41. The summed E-state index contributed by atoms with van der Waals surface area (Å²) in [4.78, 5) is 0. The largest absolute Gasteiger partial charge is 0.216 e. The molecule has 1 aliphatic rings. The van der Waals surface area contributed by atoms with Gasteiger partial charge in [-0.15, -0.1) is 0 Å². The van der Waals surface area contributed by atoms with Crippen LogP contribution in [0, 0.1) is 0 Å². The van der Waals surface area contributed by atoms with Gasteiger partial charge in [-0.3, -0.25) is 0 Å². The van der Waals surface area contributed by atoms with Crippen LogP contribution in [0.25, 0.3) is 0 Å². The molecule has 1 heterocycles. The van der Waals surface area contributed by atoms with E-state index in [1.54, 1.807) is 18.2 Å². The first kappa shape index (κ1) is 12.0. The van der Waals surface area contributed by atoms with Gasteiger partial charge in [0.25, 0.3) is 0 Å². The average molecular weight is 219 g/mol. The molecule has 3 nitrogen and oxygen atoms in total. The molecule has 0 radical (unpaired) electrons. The molecule has 2 unspecified atom stereocenters. The first-order valence-corrected chi connectivity index (χ1v) is 6.94. The summed E-state index contributed by atoms with van der Waals surface area (Å²) in [5.74, 6) is 0. The summed E-state index contributed by atoms with van der Waals surface area (Å²) in [5.41, 5.74) is 0. The van der Waals surface area contributed by atoms with Gasteiger partial charge in [0.05, 0.1) is 5.25 Å². The van der Waals surface area contributed by atoms with Crippen molar-refractivity contribution < 1.29 is 8.42 Å². The maximum absolute atomic E-state index is 12.0. The molecule has 1 fully saturated rings. The normalized spacial score (nSPS) is 30.1. The monoisotopic (exact) mass is 219 g/mol. The first-order chi connectivity index (χ1) is 6.41. The molecule has 0 saturated carbocycles. The standard InChI is InChI=1S/C10H21NO2S/c1-5-10-7-6-9(4)11(10)14(12,13)8(2)3/h8-10H,5-7H2,1-4H3. The Kier molecular flexibility index (Phi) is 3.58.